The normalized spacial score (nSPS) is 28.0. The predicted molar refractivity (Wildman–Crippen MR) is 86.4 cm³/mol. The molecule has 3 heteroatoms. The molecule has 1 heterocycles. The number of para-hydroxylation sites is 1. The lowest BCUT2D eigenvalue weighted by Crippen LogP contribution is -2.45. The van der Waals surface area contributed by atoms with Gasteiger partial charge in [-0.25, -0.2) is 0 Å². The van der Waals surface area contributed by atoms with Crippen molar-refractivity contribution in [1.29, 1.82) is 0 Å². The molecule has 0 aromatic heterocycles. The van der Waals surface area contributed by atoms with E-state index in [0.717, 1.165) is 24.2 Å². The number of nitrogens with one attached hydrogen (secondary N) is 2. The second-order valence-corrected chi connectivity index (χ2v) is 6.83. The van der Waals surface area contributed by atoms with E-state index in [2.05, 4.69) is 36.6 Å². The maximum Gasteiger partial charge on any atom is 0.229 e. The predicted octanol–water partition coefficient (Wildman–Crippen LogP) is 3.53. The minimum atomic E-state index is -0.0315. The van der Waals surface area contributed by atoms with E-state index in [4.69, 9.17) is 0 Å². The van der Waals surface area contributed by atoms with Crippen LogP contribution in [0.1, 0.15) is 51.0 Å². The molecule has 2 aliphatic rings. The van der Waals surface area contributed by atoms with Gasteiger partial charge in [0, 0.05) is 18.3 Å². The number of benzene rings is 1. The van der Waals surface area contributed by atoms with E-state index < -0.39 is 0 Å². The van der Waals surface area contributed by atoms with Gasteiger partial charge in [0.2, 0.25) is 5.91 Å². The SMILES string of the molecule is CC(C)C1CCCCC1NC(=O)C1CNc2ccccc21. The highest BCUT2D eigenvalue weighted by Gasteiger charge is 2.33. The van der Waals surface area contributed by atoms with Crippen LogP contribution < -0.4 is 10.6 Å². The van der Waals surface area contributed by atoms with Crippen LogP contribution in [0.15, 0.2) is 24.3 Å². The van der Waals surface area contributed by atoms with E-state index in [9.17, 15) is 4.79 Å². The first-order chi connectivity index (χ1) is 10.2. The number of hydrogen-bond donors (Lipinski definition) is 2. The maximum absolute atomic E-state index is 12.7. The zero-order chi connectivity index (χ0) is 14.8. The molecule has 1 aromatic rings. The first-order valence-electron chi connectivity index (χ1n) is 8.30. The molecule has 3 atom stereocenters. The van der Waals surface area contributed by atoms with Crippen molar-refractivity contribution in [2.45, 2.75) is 51.5 Å². The first-order valence-corrected chi connectivity index (χ1v) is 8.30. The van der Waals surface area contributed by atoms with Gasteiger partial charge in [0.1, 0.15) is 0 Å². The van der Waals surface area contributed by atoms with Crippen LogP contribution in [0.25, 0.3) is 0 Å². The molecule has 3 rings (SSSR count). The Morgan fingerprint density at radius 3 is 2.81 bits per heavy atom. The summed E-state index contributed by atoms with van der Waals surface area (Å²) in [5.74, 6) is 1.44. The topological polar surface area (TPSA) is 41.1 Å². The molecule has 2 N–H and O–H groups in total. The van der Waals surface area contributed by atoms with E-state index in [1.807, 2.05) is 12.1 Å². The molecule has 0 saturated heterocycles. The van der Waals surface area contributed by atoms with Gasteiger partial charge in [0.05, 0.1) is 5.92 Å². The minimum Gasteiger partial charge on any atom is -0.384 e. The van der Waals surface area contributed by atoms with Crippen LogP contribution in [0.2, 0.25) is 0 Å². The lowest BCUT2D eigenvalue weighted by atomic mass is 9.77. The van der Waals surface area contributed by atoms with Gasteiger partial charge in [-0.2, -0.15) is 0 Å². The lowest BCUT2D eigenvalue weighted by molar-refractivity contribution is -0.123. The molecule has 114 valence electrons. The fraction of sp³-hybridized carbons (Fsp3) is 0.611. The number of hydrogen-bond acceptors (Lipinski definition) is 2. The fourth-order valence-corrected chi connectivity index (χ4v) is 3.94. The van der Waals surface area contributed by atoms with Crippen LogP contribution in [0.3, 0.4) is 0 Å². The van der Waals surface area contributed by atoms with Gasteiger partial charge < -0.3 is 10.6 Å². The van der Waals surface area contributed by atoms with E-state index in [0.29, 0.717) is 17.9 Å². The molecule has 3 unspecified atom stereocenters. The number of amides is 1. The van der Waals surface area contributed by atoms with Gasteiger partial charge in [0.25, 0.3) is 0 Å². The Kier molecular flexibility index (Phi) is 4.18. The Morgan fingerprint density at radius 2 is 2.00 bits per heavy atom. The van der Waals surface area contributed by atoms with Crippen LogP contribution >= 0.6 is 0 Å². The summed E-state index contributed by atoms with van der Waals surface area (Å²) in [6.07, 6.45) is 4.94. The summed E-state index contributed by atoms with van der Waals surface area (Å²) < 4.78 is 0. The van der Waals surface area contributed by atoms with E-state index in [1.54, 1.807) is 0 Å². The number of fused-ring (bicyclic) bond motifs is 1. The average molecular weight is 286 g/mol. The summed E-state index contributed by atoms with van der Waals surface area (Å²) in [7, 11) is 0. The number of anilines is 1. The highest BCUT2D eigenvalue weighted by atomic mass is 16.2. The van der Waals surface area contributed by atoms with Gasteiger partial charge in [-0.1, -0.05) is 44.9 Å². The van der Waals surface area contributed by atoms with Gasteiger partial charge in [-0.05, 0) is 36.3 Å². The first kappa shape index (κ1) is 14.4. The molecule has 1 aliphatic heterocycles. The van der Waals surface area contributed by atoms with Crippen molar-refractivity contribution in [3.8, 4) is 0 Å². The summed E-state index contributed by atoms with van der Waals surface area (Å²) in [6.45, 7) is 5.29. The Balaban J connectivity index is 1.69. The quantitative estimate of drug-likeness (QED) is 0.892. The minimum absolute atomic E-state index is 0.0315. The third-order valence-corrected chi connectivity index (χ3v) is 5.15. The van der Waals surface area contributed by atoms with Gasteiger partial charge in [-0.3, -0.25) is 4.79 Å². The van der Waals surface area contributed by atoms with E-state index in [-0.39, 0.29) is 11.8 Å². The van der Waals surface area contributed by atoms with Gasteiger partial charge >= 0.3 is 0 Å². The molecule has 0 spiro atoms. The molecule has 1 fully saturated rings. The molecule has 1 aromatic carbocycles. The third kappa shape index (κ3) is 2.92. The van der Waals surface area contributed by atoms with Crippen molar-refractivity contribution in [2.24, 2.45) is 11.8 Å². The largest absolute Gasteiger partial charge is 0.384 e. The molecule has 0 bridgehead atoms. The molecule has 1 aliphatic carbocycles. The van der Waals surface area contributed by atoms with Crippen LogP contribution in [0, 0.1) is 11.8 Å². The highest BCUT2D eigenvalue weighted by Crippen LogP contribution is 2.33. The number of carbonyl (C=O) groups is 1. The van der Waals surface area contributed by atoms with Crippen LogP contribution in [0.4, 0.5) is 5.69 Å². The monoisotopic (exact) mass is 286 g/mol. The summed E-state index contributed by atoms with van der Waals surface area (Å²) in [4.78, 5) is 12.7. The Hall–Kier alpha value is -1.51. The van der Waals surface area contributed by atoms with Gasteiger partial charge in [-0.15, -0.1) is 0 Å². The molecule has 0 radical (unpaired) electrons. The number of carbonyl (C=O) groups excluding carboxylic acids is 1. The second-order valence-electron chi connectivity index (χ2n) is 6.83. The molecule has 1 amide bonds. The summed E-state index contributed by atoms with van der Waals surface area (Å²) in [5, 5.41) is 6.70. The van der Waals surface area contributed by atoms with Crippen molar-refractivity contribution in [2.75, 3.05) is 11.9 Å². The van der Waals surface area contributed by atoms with Crippen LogP contribution in [-0.2, 0) is 4.79 Å². The van der Waals surface area contributed by atoms with Crippen molar-refractivity contribution in [1.82, 2.24) is 5.32 Å². The highest BCUT2D eigenvalue weighted by molar-refractivity contribution is 5.88. The van der Waals surface area contributed by atoms with E-state index >= 15 is 0 Å². The summed E-state index contributed by atoms with van der Waals surface area (Å²) >= 11 is 0. The van der Waals surface area contributed by atoms with Crippen molar-refractivity contribution < 1.29 is 4.79 Å². The number of rotatable bonds is 3. The second kappa shape index (κ2) is 6.08. The van der Waals surface area contributed by atoms with Crippen molar-refractivity contribution >= 4 is 11.6 Å². The van der Waals surface area contributed by atoms with Crippen LogP contribution in [0.5, 0.6) is 0 Å². The average Bonchev–Trinajstić information content (AvgIpc) is 2.91. The molecule has 21 heavy (non-hydrogen) atoms. The lowest BCUT2D eigenvalue weighted by Gasteiger charge is -2.35. The maximum atomic E-state index is 12.7. The molecular formula is C18H26N2O. The van der Waals surface area contributed by atoms with Gasteiger partial charge in [0.15, 0.2) is 0 Å². The standard InChI is InChI=1S/C18H26N2O/c1-12(2)13-7-3-6-10-17(13)20-18(21)15-11-19-16-9-5-4-8-14(15)16/h4-5,8-9,12-13,15,17,19H,3,6-7,10-11H2,1-2H3,(H,20,21). The van der Waals surface area contributed by atoms with E-state index in [1.165, 1.54) is 19.3 Å². The third-order valence-electron chi connectivity index (χ3n) is 5.15. The summed E-state index contributed by atoms with van der Waals surface area (Å²) in [5.41, 5.74) is 2.26. The Morgan fingerprint density at radius 1 is 1.24 bits per heavy atom. The Labute approximate surface area is 127 Å². The van der Waals surface area contributed by atoms with Crippen LogP contribution in [-0.4, -0.2) is 18.5 Å². The molecule has 3 nitrogen and oxygen atoms in total. The zero-order valence-corrected chi connectivity index (χ0v) is 13.1. The van der Waals surface area contributed by atoms with Crippen molar-refractivity contribution in [3.05, 3.63) is 29.8 Å². The van der Waals surface area contributed by atoms with Crippen molar-refractivity contribution in [3.63, 3.8) is 0 Å². The molecule has 1 saturated carbocycles. The smallest absolute Gasteiger partial charge is 0.229 e. The summed E-state index contributed by atoms with van der Waals surface area (Å²) in [6, 6.07) is 8.52. The molecular weight excluding hydrogens is 260 g/mol. The Bertz CT molecular complexity index is 512. The fourth-order valence-electron chi connectivity index (χ4n) is 3.94. The zero-order valence-electron chi connectivity index (χ0n) is 13.1.